The van der Waals surface area contributed by atoms with E-state index in [2.05, 4.69) is 6.58 Å². The van der Waals surface area contributed by atoms with Crippen LogP contribution in [0.1, 0.15) is 38.5 Å². The van der Waals surface area contributed by atoms with Gasteiger partial charge in [-0.25, -0.2) is 0 Å². The van der Waals surface area contributed by atoms with Crippen molar-refractivity contribution in [2.75, 3.05) is 0 Å². The lowest BCUT2D eigenvalue weighted by molar-refractivity contribution is -0.140. The molecule has 3 N–H and O–H groups in total. The van der Waals surface area contributed by atoms with Gasteiger partial charge >= 0.3 is 5.97 Å². The van der Waals surface area contributed by atoms with Crippen molar-refractivity contribution >= 4 is 5.97 Å². The molecule has 0 aromatic heterocycles. The second-order valence-corrected chi connectivity index (χ2v) is 4.17. The highest BCUT2D eigenvalue weighted by atomic mass is 16.4. The molecule has 0 aromatic carbocycles. The standard InChI is InChI=1S/C11H19NO2/c1-2-3-4-5-6-7-9-8-11(9,12)10(13)14/h2,9H,1,3-8,12H2,(H,13,14). The third kappa shape index (κ3) is 2.58. The van der Waals surface area contributed by atoms with Gasteiger partial charge in [-0.3, -0.25) is 4.79 Å². The first-order valence-electron chi connectivity index (χ1n) is 5.24. The SMILES string of the molecule is C=CCCCCCC1CC1(N)C(=O)O. The summed E-state index contributed by atoms with van der Waals surface area (Å²) < 4.78 is 0. The molecule has 0 saturated heterocycles. The van der Waals surface area contributed by atoms with E-state index in [9.17, 15) is 4.79 Å². The summed E-state index contributed by atoms with van der Waals surface area (Å²) in [7, 11) is 0. The molecule has 3 heteroatoms. The van der Waals surface area contributed by atoms with Gasteiger partial charge in [0.05, 0.1) is 0 Å². The summed E-state index contributed by atoms with van der Waals surface area (Å²) in [5.74, 6) is -0.627. The fraction of sp³-hybridized carbons (Fsp3) is 0.727. The minimum atomic E-state index is -0.890. The fourth-order valence-electron chi connectivity index (χ4n) is 1.83. The van der Waals surface area contributed by atoms with E-state index < -0.39 is 11.5 Å². The highest BCUT2D eigenvalue weighted by Gasteiger charge is 2.56. The Hall–Kier alpha value is -0.830. The molecule has 0 bridgehead atoms. The molecule has 1 fully saturated rings. The minimum absolute atomic E-state index is 0.212. The molecule has 0 heterocycles. The Labute approximate surface area is 85.0 Å². The van der Waals surface area contributed by atoms with Crippen molar-refractivity contribution < 1.29 is 9.90 Å². The quantitative estimate of drug-likeness (QED) is 0.484. The molecule has 0 aromatic rings. The second-order valence-electron chi connectivity index (χ2n) is 4.17. The molecule has 14 heavy (non-hydrogen) atoms. The highest BCUT2D eigenvalue weighted by molar-refractivity contribution is 5.82. The molecule has 2 unspecified atom stereocenters. The number of carboxylic acid groups (broad SMARTS) is 1. The summed E-state index contributed by atoms with van der Waals surface area (Å²) in [6.07, 6.45) is 7.98. The van der Waals surface area contributed by atoms with E-state index in [1.165, 1.54) is 0 Å². The molecule has 2 atom stereocenters. The lowest BCUT2D eigenvalue weighted by Crippen LogP contribution is -2.35. The number of carbonyl (C=O) groups is 1. The Kier molecular flexibility index (Phi) is 3.69. The predicted octanol–water partition coefficient (Wildman–Crippen LogP) is 1.92. The fourth-order valence-corrected chi connectivity index (χ4v) is 1.83. The summed E-state index contributed by atoms with van der Waals surface area (Å²) in [6, 6.07) is 0. The van der Waals surface area contributed by atoms with Crippen LogP contribution in [0.5, 0.6) is 0 Å². The van der Waals surface area contributed by atoms with Crippen molar-refractivity contribution in [1.82, 2.24) is 0 Å². The van der Waals surface area contributed by atoms with Crippen LogP contribution in [0.25, 0.3) is 0 Å². The largest absolute Gasteiger partial charge is 0.480 e. The zero-order chi connectivity index (χ0) is 10.6. The summed E-state index contributed by atoms with van der Waals surface area (Å²) in [6.45, 7) is 3.65. The maximum Gasteiger partial charge on any atom is 0.323 e. The predicted molar refractivity (Wildman–Crippen MR) is 55.9 cm³/mol. The lowest BCUT2D eigenvalue weighted by Gasteiger charge is -2.04. The van der Waals surface area contributed by atoms with Gasteiger partial charge in [0.2, 0.25) is 0 Å². The number of hydrogen-bond acceptors (Lipinski definition) is 2. The maximum atomic E-state index is 10.7. The molecule has 0 radical (unpaired) electrons. The Balaban J connectivity index is 2.05. The van der Waals surface area contributed by atoms with Crippen LogP contribution in [0.3, 0.4) is 0 Å². The van der Waals surface area contributed by atoms with Crippen molar-refractivity contribution in [3.05, 3.63) is 12.7 Å². The van der Waals surface area contributed by atoms with Crippen LogP contribution in [0, 0.1) is 5.92 Å². The number of allylic oxidation sites excluding steroid dienone is 1. The summed E-state index contributed by atoms with van der Waals surface area (Å²) >= 11 is 0. The molecule has 80 valence electrons. The van der Waals surface area contributed by atoms with Crippen LogP contribution in [-0.4, -0.2) is 16.6 Å². The van der Waals surface area contributed by atoms with Gasteiger partial charge in [0, 0.05) is 0 Å². The summed E-state index contributed by atoms with van der Waals surface area (Å²) in [5.41, 5.74) is 4.77. The number of rotatable bonds is 7. The van der Waals surface area contributed by atoms with Crippen molar-refractivity contribution in [3.8, 4) is 0 Å². The zero-order valence-corrected chi connectivity index (χ0v) is 8.54. The third-order valence-corrected chi connectivity index (χ3v) is 3.01. The van der Waals surface area contributed by atoms with Gasteiger partial charge in [0.1, 0.15) is 5.54 Å². The van der Waals surface area contributed by atoms with Gasteiger partial charge < -0.3 is 10.8 Å². The van der Waals surface area contributed by atoms with Crippen LogP contribution in [0.2, 0.25) is 0 Å². The van der Waals surface area contributed by atoms with Crippen molar-refractivity contribution in [2.24, 2.45) is 11.7 Å². The first kappa shape index (κ1) is 11.2. The Morgan fingerprint density at radius 3 is 2.79 bits per heavy atom. The molecule has 1 aliphatic rings. The van der Waals surface area contributed by atoms with E-state index in [-0.39, 0.29) is 5.92 Å². The van der Waals surface area contributed by atoms with Crippen LogP contribution in [0.4, 0.5) is 0 Å². The molecule has 3 nitrogen and oxygen atoms in total. The molecule has 0 aliphatic heterocycles. The van der Waals surface area contributed by atoms with E-state index in [1.807, 2.05) is 6.08 Å². The molecular formula is C11H19NO2. The third-order valence-electron chi connectivity index (χ3n) is 3.01. The van der Waals surface area contributed by atoms with E-state index in [0.717, 1.165) is 32.1 Å². The second kappa shape index (κ2) is 4.60. The number of aliphatic carboxylic acids is 1. The van der Waals surface area contributed by atoms with Crippen LogP contribution < -0.4 is 5.73 Å². The smallest absolute Gasteiger partial charge is 0.323 e. The van der Waals surface area contributed by atoms with E-state index in [0.29, 0.717) is 6.42 Å². The zero-order valence-electron chi connectivity index (χ0n) is 8.54. The number of carboxylic acids is 1. The first-order chi connectivity index (χ1) is 6.61. The van der Waals surface area contributed by atoms with E-state index >= 15 is 0 Å². The minimum Gasteiger partial charge on any atom is -0.480 e. The molecular weight excluding hydrogens is 178 g/mol. The molecule has 1 rings (SSSR count). The Bertz CT molecular complexity index is 227. The summed E-state index contributed by atoms with van der Waals surface area (Å²) in [4.78, 5) is 10.7. The monoisotopic (exact) mass is 197 g/mol. The lowest BCUT2D eigenvalue weighted by atomic mass is 10.1. The Morgan fingerprint density at radius 1 is 1.57 bits per heavy atom. The van der Waals surface area contributed by atoms with Gasteiger partial charge in [-0.15, -0.1) is 6.58 Å². The van der Waals surface area contributed by atoms with Gasteiger partial charge in [-0.2, -0.15) is 0 Å². The highest BCUT2D eigenvalue weighted by Crippen LogP contribution is 2.44. The molecule has 1 aliphatic carbocycles. The Morgan fingerprint density at radius 2 is 2.29 bits per heavy atom. The molecule has 1 saturated carbocycles. The number of nitrogens with two attached hydrogens (primary N) is 1. The van der Waals surface area contributed by atoms with Gasteiger partial charge in [-0.1, -0.05) is 18.9 Å². The first-order valence-corrected chi connectivity index (χ1v) is 5.24. The van der Waals surface area contributed by atoms with Crippen molar-refractivity contribution in [1.29, 1.82) is 0 Å². The normalized spacial score (nSPS) is 29.9. The van der Waals surface area contributed by atoms with Crippen LogP contribution >= 0.6 is 0 Å². The maximum absolute atomic E-state index is 10.7. The average Bonchev–Trinajstić information content (AvgIpc) is 2.79. The topological polar surface area (TPSA) is 63.3 Å². The number of unbranched alkanes of at least 4 members (excludes halogenated alkanes) is 3. The van der Waals surface area contributed by atoms with Crippen LogP contribution in [-0.2, 0) is 4.79 Å². The van der Waals surface area contributed by atoms with Gasteiger partial charge in [0.15, 0.2) is 0 Å². The van der Waals surface area contributed by atoms with Gasteiger partial charge in [0.25, 0.3) is 0 Å². The summed E-state index contributed by atoms with van der Waals surface area (Å²) in [5, 5.41) is 8.79. The molecule has 0 amide bonds. The van der Waals surface area contributed by atoms with Crippen molar-refractivity contribution in [3.63, 3.8) is 0 Å². The van der Waals surface area contributed by atoms with Crippen molar-refractivity contribution in [2.45, 2.75) is 44.1 Å². The molecule has 0 spiro atoms. The van der Waals surface area contributed by atoms with E-state index in [4.69, 9.17) is 10.8 Å². The van der Waals surface area contributed by atoms with E-state index in [1.54, 1.807) is 0 Å². The average molecular weight is 197 g/mol. The number of hydrogen-bond donors (Lipinski definition) is 2. The van der Waals surface area contributed by atoms with Gasteiger partial charge in [-0.05, 0) is 31.6 Å². The van der Waals surface area contributed by atoms with Crippen LogP contribution in [0.15, 0.2) is 12.7 Å².